The van der Waals surface area contributed by atoms with Crippen LogP contribution >= 0.6 is 0 Å². The molecule has 5 N–H and O–H groups in total. The number of halogens is 1. The Kier molecular flexibility index (Phi) is 16.5. The molecule has 10 atom stereocenters. The van der Waals surface area contributed by atoms with Crippen molar-refractivity contribution < 1.29 is 77.4 Å². The topological polar surface area (TPSA) is 282 Å². The van der Waals surface area contributed by atoms with E-state index in [1.807, 2.05) is 4.90 Å². The van der Waals surface area contributed by atoms with Crippen molar-refractivity contribution in [3.05, 3.63) is 115 Å². The van der Waals surface area contributed by atoms with Gasteiger partial charge in [-0.2, -0.15) is 0 Å². The standard InChI is InChI=1S/C60H70FN5O16/c1-27-12-11-13-28(2)57(74)62-45-48(64-20-16-36(17-21-64)63-82-37-18-22-65(25-37)47-30(4)46-38(35-14-15-35)24-39(59(76)77)58(75)66(46)26-40(47)61)53(72)42-43(52(45)71)51(70)33(7)55-44(42)56(73)60(9,81-55)79-23-19-41(78-10)29(3)54(80-34(8)67)32(6)50(69)31(5)49(27)68/h11-13,19,23-24,26-27,29,31-32,35,37,41,49-50,54,68-70H,14-18,20-22,25H2,1-10H3,(H,62,74)(H,76,77)/t27-,29+,31+,32+,37?,41-,49-,50+,54+,60-/m0/s1. The average Bonchev–Trinajstić information content (AvgIpc) is 1.70. The van der Waals surface area contributed by atoms with Gasteiger partial charge in [0.1, 0.15) is 40.7 Å². The predicted octanol–water partition coefficient (Wildman–Crippen LogP) is 6.34. The summed E-state index contributed by atoms with van der Waals surface area (Å²) in [5, 5.41) is 51.8. The number of ether oxygens (including phenoxy) is 4. The molecule has 82 heavy (non-hydrogen) atoms. The minimum absolute atomic E-state index is 0.0523. The van der Waals surface area contributed by atoms with Crippen LogP contribution in [0.5, 0.6) is 11.5 Å². The van der Waals surface area contributed by atoms with E-state index in [1.54, 1.807) is 45.6 Å². The molecule has 3 fully saturated rings. The number of likely N-dealkylation sites (tertiary alicyclic amines) is 1. The Bertz CT molecular complexity index is 3400. The van der Waals surface area contributed by atoms with Crippen LogP contribution in [-0.2, 0) is 28.6 Å². The Morgan fingerprint density at radius 3 is 2.22 bits per heavy atom. The summed E-state index contributed by atoms with van der Waals surface area (Å²) in [5.74, 6) is -11.8. The fourth-order valence-corrected chi connectivity index (χ4v) is 12.1. The van der Waals surface area contributed by atoms with Crippen LogP contribution in [0.3, 0.4) is 0 Å². The van der Waals surface area contributed by atoms with E-state index in [0.717, 1.165) is 29.7 Å². The van der Waals surface area contributed by atoms with Crippen LogP contribution in [0, 0.1) is 43.3 Å². The average molecular weight is 1140 g/mol. The molecule has 2 saturated heterocycles. The van der Waals surface area contributed by atoms with Gasteiger partial charge in [0.25, 0.3) is 17.2 Å². The van der Waals surface area contributed by atoms with E-state index in [2.05, 4.69) is 10.5 Å². The van der Waals surface area contributed by atoms with Crippen LogP contribution < -0.4 is 20.5 Å². The first kappa shape index (κ1) is 58.9. The zero-order chi connectivity index (χ0) is 59.5. The fourth-order valence-electron chi connectivity index (χ4n) is 12.1. The van der Waals surface area contributed by atoms with Crippen LogP contribution in [0.4, 0.5) is 10.1 Å². The number of oxime groups is 1. The van der Waals surface area contributed by atoms with Crippen LogP contribution in [-0.4, -0.2) is 140 Å². The zero-order valence-corrected chi connectivity index (χ0v) is 47.5. The number of nitrogens with one attached hydrogen (secondary N) is 1. The van der Waals surface area contributed by atoms with Gasteiger partial charge >= 0.3 is 17.7 Å². The van der Waals surface area contributed by atoms with Crippen molar-refractivity contribution in [2.45, 2.75) is 137 Å². The molecule has 21 nitrogen and oxygen atoms in total. The number of anilines is 1. The number of carbonyl (C=O) groups excluding carboxylic acids is 5. The number of rotatable bonds is 8. The summed E-state index contributed by atoms with van der Waals surface area (Å²) in [5.41, 5.74) is -0.623. The smallest absolute Gasteiger partial charge is 0.341 e. The minimum atomic E-state index is -2.16. The van der Waals surface area contributed by atoms with Gasteiger partial charge in [-0.15, -0.1) is 0 Å². The second-order valence-electron chi connectivity index (χ2n) is 22.7. The number of fused-ring (bicyclic) bond motifs is 15. The lowest BCUT2D eigenvalue weighted by molar-refractivity contribution is -0.160. The molecule has 0 radical (unpaired) electrons. The molecule has 10 rings (SSSR count). The van der Waals surface area contributed by atoms with Crippen molar-refractivity contribution >= 4 is 52.1 Å². The number of nitrogens with zero attached hydrogens (tertiary/aromatic N) is 4. The molecule has 1 unspecified atom stereocenters. The second-order valence-corrected chi connectivity index (χ2v) is 22.7. The summed E-state index contributed by atoms with van der Waals surface area (Å²) in [7, 11) is 1.41. The second kappa shape index (κ2) is 22.9. The van der Waals surface area contributed by atoms with E-state index in [0.29, 0.717) is 35.3 Å². The number of phenols is 1. The lowest BCUT2D eigenvalue weighted by atomic mass is 9.78. The van der Waals surface area contributed by atoms with Gasteiger partial charge in [0.15, 0.2) is 5.82 Å². The Hall–Kier alpha value is -7.69. The number of aromatic hydroxyl groups is 1. The third-order valence-corrected chi connectivity index (χ3v) is 17.1. The normalized spacial score (nSPS) is 28.3. The number of allylic oxidation sites excluding steroid dienone is 4. The maximum absolute atomic E-state index is 16.0. The van der Waals surface area contributed by atoms with Gasteiger partial charge in [0.05, 0.1) is 70.9 Å². The van der Waals surface area contributed by atoms with Gasteiger partial charge < -0.3 is 59.3 Å². The highest BCUT2D eigenvalue weighted by Crippen LogP contribution is 2.50. The van der Waals surface area contributed by atoms with Crippen molar-refractivity contribution in [3.8, 4) is 11.5 Å². The number of phenolic OH excluding ortho intramolecular Hbond substituents is 1. The third-order valence-electron chi connectivity index (χ3n) is 17.1. The third kappa shape index (κ3) is 10.7. The monoisotopic (exact) mass is 1140 g/mol. The van der Waals surface area contributed by atoms with Crippen molar-refractivity contribution in [2.75, 3.05) is 38.2 Å². The molecule has 1 saturated carbocycles. The number of methoxy groups -OCH3 is 1. The number of hydrogen-bond donors (Lipinski definition) is 5. The van der Waals surface area contributed by atoms with Crippen molar-refractivity contribution in [2.24, 2.45) is 28.8 Å². The van der Waals surface area contributed by atoms with Gasteiger partial charge in [-0.25, -0.2) is 9.18 Å². The summed E-state index contributed by atoms with van der Waals surface area (Å²) >= 11 is 0. The quantitative estimate of drug-likeness (QED) is 0.121. The summed E-state index contributed by atoms with van der Waals surface area (Å²) < 4.78 is 40.9. The van der Waals surface area contributed by atoms with Crippen molar-refractivity contribution in [3.63, 3.8) is 0 Å². The highest BCUT2D eigenvalue weighted by atomic mass is 19.1. The van der Waals surface area contributed by atoms with Gasteiger partial charge in [-0.3, -0.25) is 33.2 Å². The molecule has 1 aromatic carbocycles. The van der Waals surface area contributed by atoms with Gasteiger partial charge in [-0.05, 0) is 62.8 Å². The molecule has 2 aromatic heterocycles. The lowest BCUT2D eigenvalue weighted by Crippen LogP contribution is -2.46. The number of pyridine rings is 2. The fraction of sp³-hybridized carbons (Fsp3) is 0.500. The van der Waals surface area contributed by atoms with Crippen LogP contribution in [0.1, 0.15) is 145 Å². The zero-order valence-electron chi connectivity index (χ0n) is 47.5. The Balaban J connectivity index is 1.01. The van der Waals surface area contributed by atoms with E-state index < -0.39 is 135 Å². The number of carboxylic acids is 1. The molecular weight excluding hydrogens is 1070 g/mol. The number of esters is 1. The Labute approximate surface area is 472 Å². The van der Waals surface area contributed by atoms with Gasteiger partial charge in [0.2, 0.25) is 11.6 Å². The number of aliphatic hydroxyl groups is 2. The summed E-state index contributed by atoms with van der Waals surface area (Å²) in [4.78, 5) is 106. The first-order valence-corrected chi connectivity index (χ1v) is 27.7. The number of aromatic nitrogens is 1. The number of Topliss-reactive ketones (excluding diaryl/α,β-unsaturated/α-hetero) is 3. The molecule has 22 heteroatoms. The summed E-state index contributed by atoms with van der Waals surface area (Å²) in [6.07, 6.45) is 6.23. The van der Waals surface area contributed by atoms with E-state index in [9.17, 15) is 49.2 Å². The van der Waals surface area contributed by atoms with Crippen LogP contribution in [0.2, 0.25) is 0 Å². The maximum atomic E-state index is 16.0. The number of piperidine rings is 1. The highest BCUT2D eigenvalue weighted by molar-refractivity contribution is 6.32. The maximum Gasteiger partial charge on any atom is 0.341 e. The van der Waals surface area contributed by atoms with E-state index in [4.69, 9.17) is 23.8 Å². The minimum Gasteiger partial charge on any atom is -0.507 e. The highest BCUT2D eigenvalue weighted by Gasteiger charge is 2.53. The number of carboxylic acid groups (broad SMARTS) is 1. The molecule has 7 aliphatic rings. The van der Waals surface area contributed by atoms with E-state index in [-0.39, 0.29) is 72.2 Å². The Morgan fingerprint density at radius 2 is 1.57 bits per heavy atom. The molecule has 3 aromatic rings. The van der Waals surface area contributed by atoms with Crippen LogP contribution in [0.25, 0.3) is 5.52 Å². The number of benzene rings is 1. The molecular formula is C60H70FN5O16. The number of aromatic carboxylic acids is 1. The molecule has 438 valence electrons. The SMILES string of the molecule is CO[C@H]1C=CO[C@@]2(C)Oc3c(C)c(O)c4c(c3C2=O)C(=O)C(N2CCC(=NOC3CCN(c5c(F)cn6c(=O)c(C(=O)O)cc(C7CC7)c6c5C)C3)CC2)=C(NC(=O)C(C)=CC=C[C@H](C)[C@H](O)[C@@H](C)[C@@H](O)[C@@H](C)[C@H](OC(C)=O)[C@@H]1C)C4=O. The molecule has 5 bridgehead atoms. The molecule has 2 aliphatic carbocycles. The number of aryl methyl sites for hydroxylation is 1. The van der Waals surface area contributed by atoms with Gasteiger partial charge in [-0.1, -0.05) is 51.1 Å². The van der Waals surface area contributed by atoms with Gasteiger partial charge in [0, 0.05) is 94.7 Å². The van der Waals surface area contributed by atoms with Crippen molar-refractivity contribution in [1.29, 1.82) is 0 Å². The summed E-state index contributed by atoms with van der Waals surface area (Å²) in [6, 6.07) is 1.41. The molecule has 0 spiro atoms. The number of ketones is 3. The molecule has 1 amide bonds. The Morgan fingerprint density at radius 1 is 0.878 bits per heavy atom. The number of hydrogen-bond acceptors (Lipinski definition) is 18. The molecule has 5 aliphatic heterocycles. The van der Waals surface area contributed by atoms with E-state index in [1.165, 1.54) is 59.1 Å². The van der Waals surface area contributed by atoms with Crippen LogP contribution in [0.15, 0.2) is 69.7 Å². The predicted molar refractivity (Wildman–Crippen MR) is 295 cm³/mol. The molecule has 7 heterocycles. The van der Waals surface area contributed by atoms with E-state index >= 15 is 9.18 Å². The lowest BCUT2D eigenvalue weighted by Gasteiger charge is -2.38. The number of carbonyl (C=O) groups is 6. The first-order chi connectivity index (χ1) is 38.8. The van der Waals surface area contributed by atoms with Crippen molar-refractivity contribution in [1.82, 2.24) is 14.6 Å². The number of amides is 1. The summed E-state index contributed by atoms with van der Waals surface area (Å²) in [6.45, 7) is 14.7. The first-order valence-electron chi connectivity index (χ1n) is 27.7. The number of aliphatic hydroxyl groups excluding tert-OH is 2. The largest absolute Gasteiger partial charge is 0.507 e.